The molecule has 1 unspecified atom stereocenters. The highest BCUT2D eigenvalue weighted by Gasteiger charge is 2.12. The second kappa shape index (κ2) is 4.51. The van der Waals surface area contributed by atoms with Gasteiger partial charge < -0.3 is 5.11 Å². The molecule has 1 nitrogen and oxygen atoms in total. The van der Waals surface area contributed by atoms with Crippen LogP contribution in [0.2, 0.25) is 0 Å². The van der Waals surface area contributed by atoms with Crippen LogP contribution in [0, 0.1) is 0 Å². The summed E-state index contributed by atoms with van der Waals surface area (Å²) in [4.78, 5) is 0. The molecule has 12 heavy (non-hydrogen) atoms. The first-order valence-corrected chi connectivity index (χ1v) is 5.48. The number of hydrogen-bond acceptors (Lipinski definition) is 2. The number of thiophene rings is 1. The first kappa shape index (κ1) is 9.59. The zero-order chi connectivity index (χ0) is 8.97. The summed E-state index contributed by atoms with van der Waals surface area (Å²) < 4.78 is 0. The van der Waals surface area contributed by atoms with Crippen molar-refractivity contribution < 1.29 is 5.11 Å². The summed E-state index contributed by atoms with van der Waals surface area (Å²) in [6.07, 6.45) is 3.49. The Labute approximate surface area is 78.1 Å². The van der Waals surface area contributed by atoms with Crippen LogP contribution in [0.1, 0.15) is 44.6 Å². The normalized spacial score (nSPS) is 13.2. The van der Waals surface area contributed by atoms with Crippen LogP contribution in [0.4, 0.5) is 0 Å². The van der Waals surface area contributed by atoms with Gasteiger partial charge in [-0.3, -0.25) is 0 Å². The van der Waals surface area contributed by atoms with Gasteiger partial charge in [0.1, 0.15) is 5.75 Å². The lowest BCUT2D eigenvalue weighted by Crippen LogP contribution is -1.94. The summed E-state index contributed by atoms with van der Waals surface area (Å²) in [5.41, 5.74) is 1.14. The van der Waals surface area contributed by atoms with Gasteiger partial charge in [0.25, 0.3) is 0 Å². The zero-order valence-electron chi connectivity index (χ0n) is 7.71. The standard InChI is InChI=1S/C10H16OS/c1-3-5-8(4-2)9-6-12-7-10(9)11/h6-8,11H,3-5H2,1-2H3. The van der Waals surface area contributed by atoms with E-state index in [1.807, 2.05) is 5.38 Å². The molecule has 0 fully saturated rings. The quantitative estimate of drug-likeness (QED) is 0.755. The van der Waals surface area contributed by atoms with Crippen LogP contribution in [0.15, 0.2) is 10.8 Å². The molecule has 0 radical (unpaired) electrons. The predicted octanol–water partition coefficient (Wildman–Crippen LogP) is 3.75. The Hall–Kier alpha value is -0.500. The van der Waals surface area contributed by atoms with Gasteiger partial charge in [0.2, 0.25) is 0 Å². The van der Waals surface area contributed by atoms with Crippen molar-refractivity contribution in [2.75, 3.05) is 0 Å². The van der Waals surface area contributed by atoms with Crippen molar-refractivity contribution in [1.82, 2.24) is 0 Å². The van der Waals surface area contributed by atoms with Crippen LogP contribution >= 0.6 is 11.3 Å². The molecule has 1 rings (SSSR count). The number of rotatable bonds is 4. The van der Waals surface area contributed by atoms with Gasteiger partial charge in [-0.05, 0) is 24.1 Å². The van der Waals surface area contributed by atoms with Crippen molar-refractivity contribution in [3.63, 3.8) is 0 Å². The summed E-state index contributed by atoms with van der Waals surface area (Å²) in [7, 11) is 0. The Bertz CT molecular complexity index is 229. The van der Waals surface area contributed by atoms with E-state index in [9.17, 15) is 5.11 Å². The highest BCUT2D eigenvalue weighted by Crippen LogP contribution is 2.34. The molecule has 0 amide bonds. The van der Waals surface area contributed by atoms with E-state index in [1.54, 1.807) is 11.3 Å². The summed E-state index contributed by atoms with van der Waals surface area (Å²) in [6.45, 7) is 4.36. The maximum absolute atomic E-state index is 9.49. The van der Waals surface area contributed by atoms with Crippen molar-refractivity contribution in [3.8, 4) is 5.75 Å². The van der Waals surface area contributed by atoms with Gasteiger partial charge in [0.05, 0.1) is 0 Å². The SMILES string of the molecule is CCCC(CC)c1cscc1O. The minimum Gasteiger partial charge on any atom is -0.507 e. The summed E-state index contributed by atoms with van der Waals surface area (Å²) >= 11 is 1.59. The van der Waals surface area contributed by atoms with Crippen LogP contribution in [-0.4, -0.2) is 5.11 Å². The van der Waals surface area contributed by atoms with Crippen LogP contribution in [0.3, 0.4) is 0 Å². The average Bonchev–Trinajstić information content (AvgIpc) is 2.47. The molecule has 68 valence electrons. The fourth-order valence-electron chi connectivity index (χ4n) is 1.53. The first-order chi connectivity index (χ1) is 5.79. The van der Waals surface area contributed by atoms with E-state index in [4.69, 9.17) is 0 Å². The van der Waals surface area contributed by atoms with Crippen LogP contribution < -0.4 is 0 Å². The summed E-state index contributed by atoms with van der Waals surface area (Å²) in [5, 5.41) is 13.4. The molecule has 0 spiro atoms. The highest BCUT2D eigenvalue weighted by molar-refractivity contribution is 7.08. The largest absolute Gasteiger partial charge is 0.507 e. The fraction of sp³-hybridized carbons (Fsp3) is 0.600. The molecule has 0 aliphatic carbocycles. The van der Waals surface area contributed by atoms with Crippen molar-refractivity contribution >= 4 is 11.3 Å². The lowest BCUT2D eigenvalue weighted by Gasteiger charge is -2.12. The van der Waals surface area contributed by atoms with Gasteiger partial charge in [-0.15, -0.1) is 11.3 Å². The molecule has 0 aliphatic rings. The summed E-state index contributed by atoms with van der Waals surface area (Å²) in [5.74, 6) is 1.04. The van der Waals surface area contributed by atoms with Crippen molar-refractivity contribution in [2.24, 2.45) is 0 Å². The Balaban J connectivity index is 2.72. The summed E-state index contributed by atoms with van der Waals surface area (Å²) in [6, 6.07) is 0. The monoisotopic (exact) mass is 184 g/mol. The molecule has 1 N–H and O–H groups in total. The van der Waals surface area contributed by atoms with E-state index >= 15 is 0 Å². The Morgan fingerprint density at radius 3 is 2.58 bits per heavy atom. The third kappa shape index (κ3) is 2.01. The zero-order valence-corrected chi connectivity index (χ0v) is 8.53. The first-order valence-electron chi connectivity index (χ1n) is 4.54. The van der Waals surface area contributed by atoms with Crippen molar-refractivity contribution in [3.05, 3.63) is 16.3 Å². The predicted molar refractivity (Wildman–Crippen MR) is 53.9 cm³/mol. The van der Waals surface area contributed by atoms with Crippen molar-refractivity contribution in [1.29, 1.82) is 0 Å². The topological polar surface area (TPSA) is 20.2 Å². The fourth-order valence-corrected chi connectivity index (χ4v) is 2.33. The van der Waals surface area contributed by atoms with Gasteiger partial charge >= 0.3 is 0 Å². The molecule has 0 aliphatic heterocycles. The molecule has 1 aromatic rings. The van der Waals surface area contributed by atoms with Gasteiger partial charge in [-0.1, -0.05) is 20.3 Å². The second-order valence-electron chi connectivity index (χ2n) is 3.11. The molecular formula is C10H16OS. The molecule has 1 atom stereocenters. The van der Waals surface area contributed by atoms with Gasteiger partial charge in [0.15, 0.2) is 0 Å². The number of aromatic hydroxyl groups is 1. The molecule has 1 aromatic heterocycles. The molecule has 1 heterocycles. The molecular weight excluding hydrogens is 168 g/mol. The lowest BCUT2D eigenvalue weighted by molar-refractivity contribution is 0.457. The third-order valence-corrected chi connectivity index (χ3v) is 2.99. The smallest absolute Gasteiger partial charge is 0.129 e. The highest BCUT2D eigenvalue weighted by atomic mass is 32.1. The molecule has 2 heteroatoms. The van der Waals surface area contributed by atoms with Crippen LogP contribution in [0.25, 0.3) is 0 Å². The van der Waals surface area contributed by atoms with E-state index < -0.39 is 0 Å². The molecule has 0 aromatic carbocycles. The Morgan fingerprint density at radius 1 is 1.42 bits per heavy atom. The van der Waals surface area contributed by atoms with Gasteiger partial charge in [0, 0.05) is 10.9 Å². The maximum atomic E-state index is 9.49. The van der Waals surface area contributed by atoms with Gasteiger partial charge in [-0.25, -0.2) is 0 Å². The minimum atomic E-state index is 0.486. The van der Waals surface area contributed by atoms with Crippen molar-refractivity contribution in [2.45, 2.75) is 39.0 Å². The van der Waals surface area contributed by atoms with E-state index in [2.05, 4.69) is 19.2 Å². The molecule has 0 saturated carbocycles. The Morgan fingerprint density at radius 2 is 2.17 bits per heavy atom. The van der Waals surface area contributed by atoms with Crippen LogP contribution in [0.5, 0.6) is 5.75 Å². The lowest BCUT2D eigenvalue weighted by atomic mass is 9.94. The third-order valence-electron chi connectivity index (χ3n) is 2.24. The number of hydrogen-bond donors (Lipinski definition) is 1. The maximum Gasteiger partial charge on any atom is 0.129 e. The van der Waals surface area contributed by atoms with E-state index in [1.165, 1.54) is 12.8 Å². The molecule has 0 bridgehead atoms. The van der Waals surface area contributed by atoms with Crippen LogP contribution in [-0.2, 0) is 0 Å². The van der Waals surface area contributed by atoms with E-state index in [0.29, 0.717) is 11.7 Å². The van der Waals surface area contributed by atoms with E-state index in [-0.39, 0.29) is 0 Å². The second-order valence-corrected chi connectivity index (χ2v) is 3.85. The van der Waals surface area contributed by atoms with E-state index in [0.717, 1.165) is 12.0 Å². The Kier molecular flexibility index (Phi) is 3.60. The average molecular weight is 184 g/mol. The minimum absolute atomic E-state index is 0.486. The van der Waals surface area contributed by atoms with Gasteiger partial charge in [-0.2, -0.15) is 0 Å². The molecule has 0 saturated heterocycles.